The third kappa shape index (κ3) is 3.43. The van der Waals surface area contributed by atoms with Crippen molar-refractivity contribution >= 4 is 11.7 Å². The summed E-state index contributed by atoms with van der Waals surface area (Å²) in [5.41, 5.74) is 0.542. The molecule has 1 aromatic carbocycles. The number of hydrogen-bond donors (Lipinski definition) is 3. The number of nitrogens with one attached hydrogen (secondary N) is 2. The Morgan fingerprint density at radius 1 is 1.33 bits per heavy atom. The molecule has 0 saturated heterocycles. The molecule has 98 valence electrons. The van der Waals surface area contributed by atoms with E-state index >= 15 is 0 Å². The summed E-state index contributed by atoms with van der Waals surface area (Å²) in [5.74, 6) is -0.195. The van der Waals surface area contributed by atoms with Crippen LogP contribution >= 0.6 is 0 Å². The van der Waals surface area contributed by atoms with Gasteiger partial charge >= 0.3 is 6.03 Å². The van der Waals surface area contributed by atoms with Gasteiger partial charge < -0.3 is 15.7 Å². The number of carbonyl (C=O) groups excluding carboxylic acids is 1. The second kappa shape index (κ2) is 5.82. The zero-order valence-corrected chi connectivity index (χ0v) is 10.0. The number of benzene rings is 1. The fourth-order valence-corrected chi connectivity index (χ4v) is 2.19. The molecule has 1 aromatic rings. The third-order valence-corrected chi connectivity index (χ3v) is 3.25. The van der Waals surface area contributed by atoms with Gasteiger partial charge in [-0.2, -0.15) is 0 Å². The molecule has 0 radical (unpaired) electrons. The first-order valence-corrected chi connectivity index (χ1v) is 6.13. The molecular formula is C13H17FN2O2. The number of halogens is 1. The molecule has 0 spiro atoms. The molecule has 0 aliphatic heterocycles. The van der Waals surface area contributed by atoms with E-state index in [2.05, 4.69) is 10.6 Å². The lowest BCUT2D eigenvalue weighted by Gasteiger charge is -2.15. The Bertz CT molecular complexity index is 408. The van der Waals surface area contributed by atoms with Crippen molar-refractivity contribution < 1.29 is 14.3 Å². The summed E-state index contributed by atoms with van der Waals surface area (Å²) >= 11 is 0. The summed E-state index contributed by atoms with van der Waals surface area (Å²) in [7, 11) is 0. The van der Waals surface area contributed by atoms with Gasteiger partial charge in [0.2, 0.25) is 0 Å². The minimum absolute atomic E-state index is 0.143. The van der Waals surface area contributed by atoms with Crippen molar-refractivity contribution in [2.24, 2.45) is 5.92 Å². The second-order valence-electron chi connectivity index (χ2n) is 4.60. The van der Waals surface area contributed by atoms with E-state index in [4.69, 9.17) is 0 Å². The Morgan fingerprint density at radius 2 is 2.06 bits per heavy atom. The molecule has 18 heavy (non-hydrogen) atoms. The Balaban J connectivity index is 1.76. The van der Waals surface area contributed by atoms with Crippen LogP contribution in [0.1, 0.15) is 19.3 Å². The summed E-state index contributed by atoms with van der Waals surface area (Å²) in [5, 5.41) is 14.9. The maximum Gasteiger partial charge on any atom is 0.319 e. The van der Waals surface area contributed by atoms with E-state index in [1.165, 1.54) is 24.3 Å². The number of hydrogen-bond acceptors (Lipinski definition) is 2. The molecule has 4 nitrogen and oxygen atoms in total. The molecule has 3 N–H and O–H groups in total. The van der Waals surface area contributed by atoms with Crippen LogP contribution in [-0.4, -0.2) is 23.8 Å². The van der Waals surface area contributed by atoms with Gasteiger partial charge in [-0.3, -0.25) is 0 Å². The molecule has 1 aliphatic rings. The van der Waals surface area contributed by atoms with Crippen molar-refractivity contribution in [1.29, 1.82) is 0 Å². The van der Waals surface area contributed by atoms with E-state index in [9.17, 15) is 14.3 Å². The minimum Gasteiger partial charge on any atom is -0.393 e. The summed E-state index contributed by atoms with van der Waals surface area (Å²) in [6.45, 7) is 0.466. The first-order valence-electron chi connectivity index (χ1n) is 6.13. The summed E-state index contributed by atoms with van der Waals surface area (Å²) in [6.07, 6.45) is 2.45. The molecular weight excluding hydrogens is 235 g/mol. The predicted molar refractivity (Wildman–Crippen MR) is 66.8 cm³/mol. The number of aliphatic hydroxyl groups is 1. The van der Waals surface area contributed by atoms with Gasteiger partial charge in [0, 0.05) is 18.2 Å². The summed E-state index contributed by atoms with van der Waals surface area (Å²) in [6, 6.07) is 5.24. The normalized spacial score (nSPS) is 22.8. The van der Waals surface area contributed by atoms with Crippen molar-refractivity contribution in [2.75, 3.05) is 11.9 Å². The zero-order valence-electron chi connectivity index (χ0n) is 10.0. The van der Waals surface area contributed by atoms with E-state index in [0.29, 0.717) is 12.2 Å². The van der Waals surface area contributed by atoms with Gasteiger partial charge in [0.25, 0.3) is 0 Å². The highest BCUT2D eigenvalue weighted by Gasteiger charge is 2.25. The highest BCUT2D eigenvalue weighted by atomic mass is 19.1. The van der Waals surface area contributed by atoms with Crippen LogP contribution in [0, 0.1) is 11.7 Å². The standard InChI is InChI=1S/C13H17FN2O2/c14-10-4-6-11(7-5-10)16-13(18)15-8-9-2-1-3-12(9)17/h4-7,9,12,17H,1-3,8H2,(H2,15,16,18). The van der Waals surface area contributed by atoms with Crippen LogP contribution in [0.5, 0.6) is 0 Å². The van der Waals surface area contributed by atoms with E-state index in [0.717, 1.165) is 19.3 Å². The number of amides is 2. The zero-order chi connectivity index (χ0) is 13.0. The smallest absolute Gasteiger partial charge is 0.319 e. The molecule has 2 atom stereocenters. The van der Waals surface area contributed by atoms with Gasteiger partial charge in [-0.1, -0.05) is 6.42 Å². The lowest BCUT2D eigenvalue weighted by molar-refractivity contribution is 0.133. The largest absolute Gasteiger partial charge is 0.393 e. The number of aliphatic hydroxyl groups excluding tert-OH is 1. The fraction of sp³-hybridized carbons (Fsp3) is 0.462. The van der Waals surface area contributed by atoms with Crippen LogP contribution in [0.25, 0.3) is 0 Å². The van der Waals surface area contributed by atoms with Crippen molar-refractivity contribution in [3.05, 3.63) is 30.1 Å². The quantitative estimate of drug-likeness (QED) is 0.771. The molecule has 2 amide bonds. The molecule has 0 bridgehead atoms. The van der Waals surface area contributed by atoms with Crippen molar-refractivity contribution in [3.63, 3.8) is 0 Å². The molecule has 1 fully saturated rings. The first kappa shape index (κ1) is 12.8. The van der Waals surface area contributed by atoms with Crippen LogP contribution in [-0.2, 0) is 0 Å². The molecule has 0 aromatic heterocycles. The van der Waals surface area contributed by atoms with E-state index in [-0.39, 0.29) is 23.9 Å². The topological polar surface area (TPSA) is 61.4 Å². The highest BCUT2D eigenvalue weighted by molar-refractivity contribution is 5.89. The van der Waals surface area contributed by atoms with Crippen LogP contribution in [0.2, 0.25) is 0 Å². The van der Waals surface area contributed by atoms with Gasteiger partial charge in [-0.25, -0.2) is 9.18 Å². The molecule has 2 rings (SSSR count). The molecule has 1 saturated carbocycles. The Kier molecular flexibility index (Phi) is 4.15. The maximum atomic E-state index is 12.7. The number of anilines is 1. The summed E-state index contributed by atoms with van der Waals surface area (Å²) < 4.78 is 12.7. The maximum absolute atomic E-state index is 12.7. The van der Waals surface area contributed by atoms with Crippen LogP contribution < -0.4 is 10.6 Å². The van der Waals surface area contributed by atoms with Crippen molar-refractivity contribution in [3.8, 4) is 0 Å². The number of rotatable bonds is 3. The van der Waals surface area contributed by atoms with Crippen molar-refractivity contribution in [2.45, 2.75) is 25.4 Å². The number of carbonyl (C=O) groups is 1. The second-order valence-corrected chi connectivity index (χ2v) is 4.60. The van der Waals surface area contributed by atoms with Crippen molar-refractivity contribution in [1.82, 2.24) is 5.32 Å². The van der Waals surface area contributed by atoms with E-state index in [1.807, 2.05) is 0 Å². The van der Waals surface area contributed by atoms with Crippen LogP contribution in [0.15, 0.2) is 24.3 Å². The average Bonchev–Trinajstić information content (AvgIpc) is 2.75. The average molecular weight is 252 g/mol. The SMILES string of the molecule is O=C(NCC1CCCC1O)Nc1ccc(F)cc1. The third-order valence-electron chi connectivity index (χ3n) is 3.25. The summed E-state index contributed by atoms with van der Waals surface area (Å²) in [4.78, 5) is 11.6. The van der Waals surface area contributed by atoms with Crippen LogP contribution in [0.4, 0.5) is 14.9 Å². The van der Waals surface area contributed by atoms with Gasteiger partial charge in [0.15, 0.2) is 0 Å². The minimum atomic E-state index is -0.338. The molecule has 5 heteroatoms. The van der Waals surface area contributed by atoms with Gasteiger partial charge in [0.05, 0.1) is 6.10 Å². The lowest BCUT2D eigenvalue weighted by Crippen LogP contribution is -2.35. The molecule has 2 unspecified atom stereocenters. The highest BCUT2D eigenvalue weighted by Crippen LogP contribution is 2.24. The Labute approximate surface area is 105 Å². The molecule has 0 heterocycles. The molecule has 1 aliphatic carbocycles. The number of urea groups is 1. The first-order chi connectivity index (χ1) is 8.65. The van der Waals surface area contributed by atoms with E-state index in [1.54, 1.807) is 0 Å². The van der Waals surface area contributed by atoms with Gasteiger partial charge in [-0.05, 0) is 37.1 Å². The predicted octanol–water partition coefficient (Wildman–Crippen LogP) is 2.11. The van der Waals surface area contributed by atoms with Crippen LogP contribution in [0.3, 0.4) is 0 Å². The monoisotopic (exact) mass is 252 g/mol. The van der Waals surface area contributed by atoms with Gasteiger partial charge in [0.1, 0.15) is 5.82 Å². The Morgan fingerprint density at radius 3 is 2.67 bits per heavy atom. The Hall–Kier alpha value is -1.62. The van der Waals surface area contributed by atoms with Gasteiger partial charge in [-0.15, -0.1) is 0 Å². The lowest BCUT2D eigenvalue weighted by atomic mass is 10.1. The fourth-order valence-electron chi connectivity index (χ4n) is 2.19. The van der Waals surface area contributed by atoms with E-state index < -0.39 is 0 Å².